The number of para-hydroxylation sites is 1. The monoisotopic (exact) mass is 555 g/mol. The van der Waals surface area contributed by atoms with Crippen molar-refractivity contribution in [2.75, 3.05) is 34.4 Å². The summed E-state index contributed by atoms with van der Waals surface area (Å²) < 4.78 is 45.9. The van der Waals surface area contributed by atoms with E-state index in [1.165, 1.54) is 12.1 Å². The zero-order valence-electron chi connectivity index (χ0n) is 21.5. The van der Waals surface area contributed by atoms with Crippen molar-refractivity contribution in [3.05, 3.63) is 89.1 Å². The van der Waals surface area contributed by atoms with E-state index in [0.29, 0.717) is 34.6 Å². The SMILES string of the molecule is COc1ccc(COc2cc3ccccc3nc2CNS(=O)(=O)c2cccc(Cl)c2)cc1OCCN(C)C. The van der Waals surface area contributed by atoms with Crippen molar-refractivity contribution in [1.82, 2.24) is 14.6 Å². The van der Waals surface area contributed by atoms with Gasteiger partial charge in [-0.3, -0.25) is 0 Å². The Morgan fingerprint density at radius 3 is 2.50 bits per heavy atom. The molecule has 0 atom stereocenters. The van der Waals surface area contributed by atoms with Gasteiger partial charge in [-0.1, -0.05) is 41.9 Å². The zero-order chi connectivity index (χ0) is 27.1. The molecule has 0 saturated carbocycles. The van der Waals surface area contributed by atoms with Gasteiger partial charge in [-0.2, -0.15) is 0 Å². The molecular formula is C28H30ClN3O5S. The molecule has 0 fully saturated rings. The smallest absolute Gasteiger partial charge is 0.240 e. The molecular weight excluding hydrogens is 526 g/mol. The second-order valence-corrected chi connectivity index (χ2v) is 11.0. The van der Waals surface area contributed by atoms with E-state index in [1.54, 1.807) is 19.2 Å². The van der Waals surface area contributed by atoms with Gasteiger partial charge in [0.2, 0.25) is 10.0 Å². The Morgan fingerprint density at radius 2 is 1.74 bits per heavy atom. The van der Waals surface area contributed by atoms with Crippen molar-refractivity contribution in [2.45, 2.75) is 18.0 Å². The van der Waals surface area contributed by atoms with Crippen LogP contribution in [0.1, 0.15) is 11.3 Å². The second-order valence-electron chi connectivity index (χ2n) is 8.83. The Morgan fingerprint density at radius 1 is 0.921 bits per heavy atom. The molecule has 0 aliphatic heterocycles. The predicted octanol–water partition coefficient (Wildman–Crippen LogP) is 4.89. The van der Waals surface area contributed by atoms with Crippen LogP contribution in [-0.4, -0.2) is 52.7 Å². The molecule has 0 aliphatic rings. The Balaban J connectivity index is 1.55. The lowest BCUT2D eigenvalue weighted by Crippen LogP contribution is -2.24. The maximum Gasteiger partial charge on any atom is 0.240 e. The van der Waals surface area contributed by atoms with E-state index in [-0.39, 0.29) is 18.0 Å². The van der Waals surface area contributed by atoms with Crippen LogP contribution in [0.4, 0.5) is 0 Å². The highest BCUT2D eigenvalue weighted by Crippen LogP contribution is 2.30. The number of rotatable bonds is 12. The average Bonchev–Trinajstić information content (AvgIpc) is 2.90. The van der Waals surface area contributed by atoms with Crippen molar-refractivity contribution in [1.29, 1.82) is 0 Å². The molecule has 8 nitrogen and oxygen atoms in total. The molecule has 3 aromatic carbocycles. The van der Waals surface area contributed by atoms with Crippen LogP contribution in [0.25, 0.3) is 10.9 Å². The summed E-state index contributed by atoms with van der Waals surface area (Å²) in [6, 6.07) is 21.2. The largest absolute Gasteiger partial charge is 0.493 e. The third-order valence-corrected chi connectivity index (χ3v) is 7.35. The minimum atomic E-state index is -3.81. The average molecular weight is 556 g/mol. The summed E-state index contributed by atoms with van der Waals surface area (Å²) in [5.74, 6) is 1.74. The molecule has 1 heterocycles. The molecule has 0 spiro atoms. The number of methoxy groups -OCH3 is 1. The minimum Gasteiger partial charge on any atom is -0.493 e. The van der Waals surface area contributed by atoms with Gasteiger partial charge in [0.1, 0.15) is 19.0 Å². The van der Waals surface area contributed by atoms with Gasteiger partial charge < -0.3 is 19.1 Å². The van der Waals surface area contributed by atoms with Gasteiger partial charge in [-0.15, -0.1) is 0 Å². The highest BCUT2D eigenvalue weighted by molar-refractivity contribution is 7.89. The number of benzene rings is 3. The number of fused-ring (bicyclic) bond motifs is 1. The Bertz CT molecular complexity index is 1510. The minimum absolute atomic E-state index is 0.0590. The Hall–Kier alpha value is -3.37. The number of likely N-dealkylation sites (N-methyl/N-ethyl adjacent to an activating group) is 1. The lowest BCUT2D eigenvalue weighted by atomic mass is 10.2. The molecule has 0 radical (unpaired) electrons. The van der Waals surface area contributed by atoms with E-state index >= 15 is 0 Å². The lowest BCUT2D eigenvalue weighted by Gasteiger charge is -2.16. The summed E-state index contributed by atoms with van der Waals surface area (Å²) in [6.45, 7) is 1.44. The molecule has 4 aromatic rings. The first-order valence-corrected chi connectivity index (χ1v) is 13.8. The van der Waals surface area contributed by atoms with Crippen molar-refractivity contribution in [3.8, 4) is 17.2 Å². The normalized spacial score (nSPS) is 11.6. The van der Waals surface area contributed by atoms with E-state index in [0.717, 1.165) is 23.0 Å². The number of nitrogens with zero attached hydrogens (tertiary/aromatic N) is 2. The number of hydrogen-bond acceptors (Lipinski definition) is 7. The van der Waals surface area contributed by atoms with Gasteiger partial charge in [0.25, 0.3) is 0 Å². The van der Waals surface area contributed by atoms with E-state index < -0.39 is 10.0 Å². The molecule has 0 amide bonds. The molecule has 1 N–H and O–H groups in total. The summed E-state index contributed by atoms with van der Waals surface area (Å²) >= 11 is 5.99. The van der Waals surface area contributed by atoms with Crippen LogP contribution in [0.15, 0.2) is 77.7 Å². The second kappa shape index (κ2) is 12.4. The Labute approximate surface area is 228 Å². The number of ether oxygens (including phenoxy) is 3. The van der Waals surface area contributed by atoms with Crippen LogP contribution in [0.5, 0.6) is 17.2 Å². The van der Waals surface area contributed by atoms with E-state index in [1.807, 2.05) is 67.5 Å². The summed E-state index contributed by atoms with van der Waals surface area (Å²) in [7, 11) is 1.75. The first-order valence-electron chi connectivity index (χ1n) is 12.0. The van der Waals surface area contributed by atoms with Crippen molar-refractivity contribution in [2.24, 2.45) is 0 Å². The summed E-state index contributed by atoms with van der Waals surface area (Å²) in [6.07, 6.45) is 0. The quantitative estimate of drug-likeness (QED) is 0.266. The maximum atomic E-state index is 12.9. The van der Waals surface area contributed by atoms with Gasteiger partial charge in [-0.25, -0.2) is 18.1 Å². The van der Waals surface area contributed by atoms with E-state index in [2.05, 4.69) is 9.71 Å². The topological polar surface area (TPSA) is 90.0 Å². The fourth-order valence-electron chi connectivity index (χ4n) is 3.69. The molecule has 0 saturated heterocycles. The lowest BCUT2D eigenvalue weighted by molar-refractivity contribution is 0.249. The number of sulfonamides is 1. The van der Waals surface area contributed by atoms with Gasteiger partial charge in [0, 0.05) is 17.0 Å². The number of halogens is 1. The Kier molecular flexibility index (Phi) is 9.06. The van der Waals surface area contributed by atoms with Crippen molar-refractivity contribution >= 4 is 32.5 Å². The van der Waals surface area contributed by atoms with Crippen LogP contribution < -0.4 is 18.9 Å². The van der Waals surface area contributed by atoms with Gasteiger partial charge in [-0.05, 0) is 62.1 Å². The van der Waals surface area contributed by atoms with Crippen LogP contribution in [0.2, 0.25) is 5.02 Å². The molecule has 0 aliphatic carbocycles. The number of pyridine rings is 1. The third-order valence-electron chi connectivity index (χ3n) is 5.72. The summed E-state index contributed by atoms with van der Waals surface area (Å²) in [5.41, 5.74) is 2.06. The fourth-order valence-corrected chi connectivity index (χ4v) is 4.98. The standard InChI is InChI=1S/C28H30ClN3O5S/c1-32(2)13-14-36-28-15-20(11-12-26(28)35-3)19-37-27-16-21-7-4-5-10-24(21)31-25(27)18-30-38(33,34)23-9-6-8-22(29)17-23/h4-12,15-17,30H,13-14,18-19H2,1-3H3. The maximum absolute atomic E-state index is 12.9. The molecule has 1 aromatic heterocycles. The summed E-state index contributed by atoms with van der Waals surface area (Å²) in [4.78, 5) is 6.79. The molecule has 0 unspecified atom stereocenters. The zero-order valence-corrected chi connectivity index (χ0v) is 23.1. The van der Waals surface area contributed by atoms with Gasteiger partial charge in [0.15, 0.2) is 11.5 Å². The van der Waals surface area contributed by atoms with Gasteiger partial charge >= 0.3 is 0 Å². The number of nitrogens with one attached hydrogen (secondary N) is 1. The fraction of sp³-hybridized carbons (Fsp3) is 0.250. The molecule has 0 bridgehead atoms. The van der Waals surface area contributed by atoms with E-state index in [4.69, 9.17) is 25.8 Å². The van der Waals surface area contributed by atoms with Crippen LogP contribution >= 0.6 is 11.6 Å². The highest BCUT2D eigenvalue weighted by Gasteiger charge is 2.17. The third kappa shape index (κ3) is 7.14. The van der Waals surface area contributed by atoms with E-state index in [9.17, 15) is 8.42 Å². The summed E-state index contributed by atoms with van der Waals surface area (Å²) in [5, 5.41) is 1.22. The number of aromatic nitrogens is 1. The van der Waals surface area contributed by atoms with Crippen LogP contribution in [0.3, 0.4) is 0 Å². The first kappa shape index (κ1) is 27.7. The highest BCUT2D eigenvalue weighted by atomic mass is 35.5. The first-order chi connectivity index (χ1) is 18.2. The predicted molar refractivity (Wildman–Crippen MR) is 149 cm³/mol. The number of hydrogen-bond donors (Lipinski definition) is 1. The molecule has 10 heteroatoms. The van der Waals surface area contributed by atoms with Crippen LogP contribution in [-0.2, 0) is 23.2 Å². The van der Waals surface area contributed by atoms with Crippen molar-refractivity contribution in [3.63, 3.8) is 0 Å². The molecule has 38 heavy (non-hydrogen) atoms. The molecule has 4 rings (SSSR count). The van der Waals surface area contributed by atoms with Crippen molar-refractivity contribution < 1.29 is 22.6 Å². The molecule has 200 valence electrons. The van der Waals surface area contributed by atoms with Crippen LogP contribution in [0, 0.1) is 0 Å². The van der Waals surface area contributed by atoms with Gasteiger partial charge in [0.05, 0.1) is 29.8 Å².